The fraction of sp³-hybridized carbons (Fsp3) is 0.250. The minimum absolute atomic E-state index is 0.0152. The maximum atomic E-state index is 12.1. The zero-order chi connectivity index (χ0) is 14.8. The van der Waals surface area contributed by atoms with Gasteiger partial charge in [0.15, 0.2) is 0 Å². The molecule has 1 aromatic carbocycles. The number of nitrogens with one attached hydrogen (secondary N) is 2. The van der Waals surface area contributed by atoms with Crippen molar-refractivity contribution in [2.75, 3.05) is 5.32 Å². The van der Waals surface area contributed by atoms with Crippen LogP contribution in [0, 0.1) is 13.8 Å². The molecule has 0 radical (unpaired) electrons. The highest BCUT2D eigenvalue weighted by Gasteiger charge is 2.06. The lowest BCUT2D eigenvalue weighted by Gasteiger charge is -2.09. The Bertz CT molecular complexity index is 765. The van der Waals surface area contributed by atoms with Crippen molar-refractivity contribution in [3.63, 3.8) is 0 Å². The van der Waals surface area contributed by atoms with E-state index in [1.54, 1.807) is 6.20 Å². The number of carbonyl (C=O) groups is 1. The third-order valence-electron chi connectivity index (χ3n) is 3.71. The molecule has 0 aliphatic heterocycles. The van der Waals surface area contributed by atoms with Gasteiger partial charge in [0.1, 0.15) is 0 Å². The van der Waals surface area contributed by atoms with Gasteiger partial charge in [0.2, 0.25) is 5.91 Å². The second-order valence-electron chi connectivity index (χ2n) is 5.24. The number of rotatable bonds is 4. The number of carbonyl (C=O) groups excluding carboxylic acids is 1. The van der Waals surface area contributed by atoms with E-state index >= 15 is 0 Å². The molecule has 108 valence electrons. The van der Waals surface area contributed by atoms with Crippen molar-refractivity contribution in [2.45, 2.75) is 26.8 Å². The van der Waals surface area contributed by atoms with E-state index in [4.69, 9.17) is 0 Å². The van der Waals surface area contributed by atoms with Crippen LogP contribution in [-0.4, -0.2) is 20.7 Å². The Hall–Kier alpha value is -2.56. The third kappa shape index (κ3) is 2.81. The summed E-state index contributed by atoms with van der Waals surface area (Å²) >= 11 is 0. The van der Waals surface area contributed by atoms with E-state index in [-0.39, 0.29) is 5.91 Å². The highest BCUT2D eigenvalue weighted by molar-refractivity contribution is 5.93. The first-order valence-electron chi connectivity index (χ1n) is 6.99. The fourth-order valence-corrected chi connectivity index (χ4v) is 2.50. The van der Waals surface area contributed by atoms with Crippen LogP contribution in [0.5, 0.6) is 0 Å². The summed E-state index contributed by atoms with van der Waals surface area (Å²) in [5, 5.41) is 10.8. The van der Waals surface area contributed by atoms with E-state index in [1.807, 2.05) is 18.2 Å². The Kier molecular flexibility index (Phi) is 3.48. The van der Waals surface area contributed by atoms with E-state index in [1.165, 1.54) is 11.4 Å². The molecule has 2 N–H and O–H groups in total. The predicted molar refractivity (Wildman–Crippen MR) is 83.2 cm³/mol. The molecule has 2 aromatic heterocycles. The van der Waals surface area contributed by atoms with Crippen LogP contribution in [0.2, 0.25) is 0 Å². The number of anilines is 1. The zero-order valence-corrected chi connectivity index (χ0v) is 12.2. The molecule has 0 unspecified atom stereocenters. The molecule has 2 heterocycles. The van der Waals surface area contributed by atoms with Crippen molar-refractivity contribution in [1.82, 2.24) is 14.8 Å². The van der Waals surface area contributed by atoms with Gasteiger partial charge < -0.3 is 9.88 Å². The second-order valence-corrected chi connectivity index (χ2v) is 5.24. The molecule has 0 bridgehead atoms. The number of aryl methyl sites for hydroxylation is 2. The molecule has 0 saturated carbocycles. The van der Waals surface area contributed by atoms with E-state index in [0.29, 0.717) is 13.0 Å². The molecule has 0 atom stereocenters. The van der Waals surface area contributed by atoms with Gasteiger partial charge in [0, 0.05) is 35.4 Å². The van der Waals surface area contributed by atoms with Crippen LogP contribution in [0.15, 0.2) is 36.5 Å². The monoisotopic (exact) mass is 282 g/mol. The molecule has 0 aliphatic carbocycles. The number of hydrogen-bond donors (Lipinski definition) is 2. The second kappa shape index (κ2) is 5.44. The summed E-state index contributed by atoms with van der Waals surface area (Å²) in [4.78, 5) is 12.1. The molecule has 0 fully saturated rings. The van der Waals surface area contributed by atoms with Crippen molar-refractivity contribution in [3.05, 3.63) is 47.9 Å². The Balaban J connectivity index is 1.63. The van der Waals surface area contributed by atoms with E-state index in [0.717, 1.165) is 16.6 Å². The lowest BCUT2D eigenvalue weighted by molar-refractivity contribution is -0.116. The summed E-state index contributed by atoms with van der Waals surface area (Å²) in [6.07, 6.45) is 2.22. The molecule has 3 aromatic rings. The minimum atomic E-state index is 0.0152. The first-order valence-corrected chi connectivity index (χ1v) is 6.99. The summed E-state index contributed by atoms with van der Waals surface area (Å²) in [6.45, 7) is 4.80. The largest absolute Gasteiger partial charge is 0.349 e. The number of H-pyrrole nitrogens is 1. The van der Waals surface area contributed by atoms with Gasteiger partial charge in [-0.15, -0.1) is 0 Å². The molecule has 21 heavy (non-hydrogen) atoms. The smallest absolute Gasteiger partial charge is 0.226 e. The van der Waals surface area contributed by atoms with Crippen LogP contribution in [0.3, 0.4) is 0 Å². The first kappa shape index (κ1) is 13.4. The van der Waals surface area contributed by atoms with E-state index < -0.39 is 0 Å². The Morgan fingerprint density at radius 2 is 2.00 bits per heavy atom. The molecule has 0 saturated heterocycles. The van der Waals surface area contributed by atoms with Crippen LogP contribution in [0.4, 0.5) is 5.69 Å². The highest BCUT2D eigenvalue weighted by Crippen LogP contribution is 2.17. The molecule has 5 heteroatoms. The average Bonchev–Trinajstić information content (AvgIpc) is 3.04. The number of benzene rings is 1. The molecular formula is C16H18N4O. The molecule has 1 amide bonds. The van der Waals surface area contributed by atoms with Crippen LogP contribution in [0.1, 0.15) is 17.8 Å². The van der Waals surface area contributed by atoms with Crippen molar-refractivity contribution < 1.29 is 4.79 Å². The molecule has 0 aliphatic rings. The van der Waals surface area contributed by atoms with Gasteiger partial charge in [0.05, 0.1) is 11.7 Å². The van der Waals surface area contributed by atoms with Crippen LogP contribution in [-0.2, 0) is 11.3 Å². The Labute approximate surface area is 123 Å². The minimum Gasteiger partial charge on any atom is -0.349 e. The van der Waals surface area contributed by atoms with Gasteiger partial charge in [-0.05, 0) is 44.2 Å². The molecule has 0 spiro atoms. The number of aromatic nitrogens is 3. The molecule has 5 nitrogen and oxygen atoms in total. The molecular weight excluding hydrogens is 264 g/mol. The predicted octanol–water partition coefficient (Wildman–Crippen LogP) is 3.01. The van der Waals surface area contributed by atoms with Gasteiger partial charge in [-0.1, -0.05) is 0 Å². The number of hydrogen-bond acceptors (Lipinski definition) is 2. The van der Waals surface area contributed by atoms with E-state index in [2.05, 4.69) is 46.1 Å². The fourth-order valence-electron chi connectivity index (χ4n) is 2.50. The van der Waals surface area contributed by atoms with E-state index in [9.17, 15) is 4.79 Å². The zero-order valence-electron chi connectivity index (χ0n) is 12.2. The van der Waals surface area contributed by atoms with Crippen LogP contribution < -0.4 is 5.32 Å². The lowest BCUT2D eigenvalue weighted by atomic mass is 10.2. The maximum absolute atomic E-state index is 12.1. The Morgan fingerprint density at radius 3 is 2.76 bits per heavy atom. The summed E-state index contributed by atoms with van der Waals surface area (Å²) < 4.78 is 2.15. The lowest BCUT2D eigenvalue weighted by Crippen LogP contribution is -2.15. The summed E-state index contributed by atoms with van der Waals surface area (Å²) in [7, 11) is 0. The summed E-state index contributed by atoms with van der Waals surface area (Å²) in [5.74, 6) is 0.0152. The van der Waals surface area contributed by atoms with Gasteiger partial charge >= 0.3 is 0 Å². The average molecular weight is 282 g/mol. The van der Waals surface area contributed by atoms with Crippen LogP contribution >= 0.6 is 0 Å². The standard InChI is InChI=1S/C16H18N4O/c1-11-3-4-12(2)20(11)8-7-16(21)18-14-6-5-13-10-17-19-15(13)9-14/h3-6,9-10H,7-8H2,1-2H3,(H,17,19)(H,18,21). The van der Waals surface area contributed by atoms with Gasteiger partial charge in [0.25, 0.3) is 0 Å². The van der Waals surface area contributed by atoms with Crippen LogP contribution in [0.25, 0.3) is 10.9 Å². The third-order valence-corrected chi connectivity index (χ3v) is 3.71. The number of amides is 1. The number of fused-ring (bicyclic) bond motifs is 1. The molecule has 3 rings (SSSR count). The quantitative estimate of drug-likeness (QED) is 0.772. The topological polar surface area (TPSA) is 62.7 Å². The van der Waals surface area contributed by atoms with Gasteiger partial charge in [-0.3, -0.25) is 9.89 Å². The summed E-state index contributed by atoms with van der Waals surface area (Å²) in [5.41, 5.74) is 4.07. The highest BCUT2D eigenvalue weighted by atomic mass is 16.1. The van der Waals surface area contributed by atoms with Crippen molar-refractivity contribution >= 4 is 22.5 Å². The Morgan fingerprint density at radius 1 is 1.24 bits per heavy atom. The first-order chi connectivity index (χ1) is 10.1. The SMILES string of the molecule is Cc1ccc(C)n1CCC(=O)Nc1ccc2cn[nH]c2c1. The number of nitrogens with zero attached hydrogens (tertiary/aromatic N) is 2. The van der Waals surface area contributed by atoms with Crippen molar-refractivity contribution in [1.29, 1.82) is 0 Å². The summed E-state index contributed by atoms with van der Waals surface area (Å²) in [6, 6.07) is 9.86. The van der Waals surface area contributed by atoms with Gasteiger partial charge in [-0.2, -0.15) is 5.10 Å². The van der Waals surface area contributed by atoms with Gasteiger partial charge in [-0.25, -0.2) is 0 Å². The van der Waals surface area contributed by atoms with Crippen molar-refractivity contribution in [3.8, 4) is 0 Å². The number of aromatic amines is 1. The van der Waals surface area contributed by atoms with Crippen molar-refractivity contribution in [2.24, 2.45) is 0 Å². The normalized spacial score (nSPS) is 11.0. The maximum Gasteiger partial charge on any atom is 0.226 e.